The molecular weight excluding hydrogens is 202 g/mol. The van der Waals surface area contributed by atoms with Crippen LogP contribution in [0.2, 0.25) is 0 Å². The minimum absolute atomic E-state index is 0.306. The molecular formula is C12H17N3O. The van der Waals surface area contributed by atoms with E-state index in [9.17, 15) is 4.79 Å². The van der Waals surface area contributed by atoms with Crippen molar-refractivity contribution in [1.82, 2.24) is 9.80 Å². The maximum atomic E-state index is 10.9. The monoisotopic (exact) mass is 219 g/mol. The van der Waals surface area contributed by atoms with Crippen molar-refractivity contribution in [3.8, 4) is 0 Å². The van der Waals surface area contributed by atoms with Gasteiger partial charge in [-0.15, -0.1) is 0 Å². The number of piperazine rings is 1. The molecule has 4 heteroatoms. The van der Waals surface area contributed by atoms with Gasteiger partial charge in [0.1, 0.15) is 0 Å². The Morgan fingerprint density at radius 1 is 1.12 bits per heavy atom. The van der Waals surface area contributed by atoms with Crippen molar-refractivity contribution in [2.24, 2.45) is 5.73 Å². The fraction of sp³-hybridized carbons (Fsp3) is 0.417. The van der Waals surface area contributed by atoms with Crippen LogP contribution in [0.3, 0.4) is 0 Å². The van der Waals surface area contributed by atoms with E-state index in [0.29, 0.717) is 0 Å². The van der Waals surface area contributed by atoms with E-state index < -0.39 is 0 Å². The van der Waals surface area contributed by atoms with Crippen LogP contribution < -0.4 is 5.73 Å². The Balaban J connectivity index is 1.84. The molecule has 1 saturated heterocycles. The van der Waals surface area contributed by atoms with Crippen LogP contribution in [0.4, 0.5) is 4.79 Å². The molecule has 0 radical (unpaired) electrons. The van der Waals surface area contributed by atoms with Gasteiger partial charge in [0.2, 0.25) is 0 Å². The van der Waals surface area contributed by atoms with Crippen LogP contribution >= 0.6 is 0 Å². The van der Waals surface area contributed by atoms with E-state index in [2.05, 4.69) is 29.2 Å². The number of primary amides is 1. The number of hydrogen-bond acceptors (Lipinski definition) is 2. The first-order valence-electron chi connectivity index (χ1n) is 5.56. The lowest BCUT2D eigenvalue weighted by atomic mass is 10.2. The summed E-state index contributed by atoms with van der Waals surface area (Å²) in [6.45, 7) is 4.23. The summed E-state index contributed by atoms with van der Waals surface area (Å²) in [6.07, 6.45) is 0. The number of nitrogens with two attached hydrogens (primary N) is 1. The van der Waals surface area contributed by atoms with Crippen molar-refractivity contribution in [1.29, 1.82) is 0 Å². The lowest BCUT2D eigenvalue weighted by Gasteiger charge is -2.33. The molecule has 1 aliphatic heterocycles. The van der Waals surface area contributed by atoms with Crippen LogP contribution in [0.15, 0.2) is 30.3 Å². The van der Waals surface area contributed by atoms with E-state index in [1.807, 2.05) is 6.07 Å². The highest BCUT2D eigenvalue weighted by Gasteiger charge is 2.18. The Morgan fingerprint density at radius 3 is 2.31 bits per heavy atom. The van der Waals surface area contributed by atoms with Gasteiger partial charge in [-0.3, -0.25) is 4.90 Å². The van der Waals surface area contributed by atoms with Gasteiger partial charge in [-0.1, -0.05) is 30.3 Å². The van der Waals surface area contributed by atoms with Crippen LogP contribution in [-0.2, 0) is 6.54 Å². The van der Waals surface area contributed by atoms with Gasteiger partial charge in [0.05, 0.1) is 0 Å². The van der Waals surface area contributed by atoms with Crippen molar-refractivity contribution in [3.05, 3.63) is 35.9 Å². The second kappa shape index (κ2) is 4.99. The molecule has 0 bridgehead atoms. The predicted molar refractivity (Wildman–Crippen MR) is 62.9 cm³/mol. The zero-order valence-electron chi connectivity index (χ0n) is 9.30. The fourth-order valence-electron chi connectivity index (χ4n) is 1.97. The van der Waals surface area contributed by atoms with E-state index in [1.54, 1.807) is 4.90 Å². The molecule has 16 heavy (non-hydrogen) atoms. The molecule has 1 fully saturated rings. The Hall–Kier alpha value is -1.55. The molecule has 0 aromatic heterocycles. The molecule has 2 N–H and O–H groups in total. The second-order valence-electron chi connectivity index (χ2n) is 4.09. The average Bonchev–Trinajstić information content (AvgIpc) is 2.31. The Labute approximate surface area is 95.6 Å². The van der Waals surface area contributed by atoms with E-state index in [4.69, 9.17) is 5.73 Å². The number of benzene rings is 1. The van der Waals surface area contributed by atoms with E-state index >= 15 is 0 Å². The van der Waals surface area contributed by atoms with Gasteiger partial charge in [0.25, 0.3) is 0 Å². The van der Waals surface area contributed by atoms with Crippen molar-refractivity contribution in [2.45, 2.75) is 6.54 Å². The van der Waals surface area contributed by atoms with E-state index in [1.165, 1.54) is 5.56 Å². The summed E-state index contributed by atoms with van der Waals surface area (Å²) in [5.74, 6) is 0. The molecule has 1 aromatic carbocycles. The van der Waals surface area contributed by atoms with Crippen LogP contribution in [0, 0.1) is 0 Å². The van der Waals surface area contributed by atoms with Gasteiger partial charge in [-0.25, -0.2) is 4.79 Å². The topological polar surface area (TPSA) is 49.6 Å². The van der Waals surface area contributed by atoms with Crippen molar-refractivity contribution < 1.29 is 4.79 Å². The molecule has 2 rings (SSSR count). The summed E-state index contributed by atoms with van der Waals surface area (Å²) in [5.41, 5.74) is 6.55. The highest BCUT2D eigenvalue weighted by molar-refractivity contribution is 5.72. The lowest BCUT2D eigenvalue weighted by Crippen LogP contribution is -2.50. The number of amides is 2. The summed E-state index contributed by atoms with van der Waals surface area (Å²) < 4.78 is 0. The molecule has 0 aliphatic carbocycles. The molecule has 0 atom stereocenters. The summed E-state index contributed by atoms with van der Waals surface area (Å²) in [5, 5.41) is 0. The molecule has 86 valence electrons. The lowest BCUT2D eigenvalue weighted by molar-refractivity contribution is 0.140. The van der Waals surface area contributed by atoms with E-state index in [-0.39, 0.29) is 6.03 Å². The van der Waals surface area contributed by atoms with Crippen LogP contribution in [0.1, 0.15) is 5.56 Å². The van der Waals surface area contributed by atoms with Crippen LogP contribution in [-0.4, -0.2) is 42.0 Å². The highest BCUT2D eigenvalue weighted by atomic mass is 16.2. The zero-order chi connectivity index (χ0) is 11.4. The predicted octanol–water partition coefficient (Wildman–Crippen LogP) is 0.883. The van der Waals surface area contributed by atoms with Crippen LogP contribution in [0.25, 0.3) is 0 Å². The number of rotatable bonds is 2. The zero-order valence-corrected chi connectivity index (χ0v) is 9.30. The van der Waals surface area contributed by atoms with Gasteiger partial charge < -0.3 is 10.6 Å². The number of carbonyl (C=O) groups excluding carboxylic acids is 1. The van der Waals surface area contributed by atoms with Crippen molar-refractivity contribution >= 4 is 6.03 Å². The number of hydrogen-bond donors (Lipinski definition) is 1. The molecule has 4 nitrogen and oxygen atoms in total. The quantitative estimate of drug-likeness (QED) is 0.803. The van der Waals surface area contributed by atoms with Crippen molar-refractivity contribution in [3.63, 3.8) is 0 Å². The second-order valence-corrected chi connectivity index (χ2v) is 4.09. The van der Waals surface area contributed by atoms with E-state index in [0.717, 1.165) is 32.7 Å². The average molecular weight is 219 g/mol. The maximum absolute atomic E-state index is 10.9. The molecule has 1 aliphatic rings. The molecule has 2 amide bonds. The van der Waals surface area contributed by atoms with Gasteiger partial charge in [-0.05, 0) is 5.56 Å². The summed E-state index contributed by atoms with van der Waals surface area (Å²) >= 11 is 0. The molecule has 0 unspecified atom stereocenters. The summed E-state index contributed by atoms with van der Waals surface area (Å²) in [4.78, 5) is 15.0. The fourth-order valence-corrected chi connectivity index (χ4v) is 1.97. The maximum Gasteiger partial charge on any atom is 0.314 e. The first-order valence-corrected chi connectivity index (χ1v) is 5.56. The van der Waals surface area contributed by atoms with Gasteiger partial charge in [0.15, 0.2) is 0 Å². The minimum atomic E-state index is -0.306. The third kappa shape index (κ3) is 2.73. The largest absolute Gasteiger partial charge is 0.351 e. The number of nitrogens with zero attached hydrogens (tertiary/aromatic N) is 2. The van der Waals surface area contributed by atoms with Crippen LogP contribution in [0.5, 0.6) is 0 Å². The first-order chi connectivity index (χ1) is 7.75. The molecule has 0 spiro atoms. The number of urea groups is 1. The summed E-state index contributed by atoms with van der Waals surface area (Å²) in [7, 11) is 0. The Kier molecular flexibility index (Phi) is 3.41. The Morgan fingerprint density at radius 2 is 1.75 bits per heavy atom. The molecule has 1 aromatic rings. The normalized spacial score (nSPS) is 17.4. The van der Waals surface area contributed by atoms with Gasteiger partial charge in [-0.2, -0.15) is 0 Å². The summed E-state index contributed by atoms with van der Waals surface area (Å²) in [6, 6.07) is 10.1. The SMILES string of the molecule is NC(=O)N1CCN(Cc2ccccc2)CC1. The van der Waals surface area contributed by atoms with Gasteiger partial charge in [0, 0.05) is 32.7 Å². The highest BCUT2D eigenvalue weighted by Crippen LogP contribution is 2.07. The third-order valence-corrected chi connectivity index (χ3v) is 2.93. The standard InChI is InChI=1S/C12H17N3O/c13-12(16)15-8-6-14(7-9-15)10-11-4-2-1-3-5-11/h1-5H,6-10H2,(H2,13,16). The smallest absolute Gasteiger partial charge is 0.314 e. The molecule has 1 heterocycles. The minimum Gasteiger partial charge on any atom is -0.351 e. The number of carbonyl (C=O) groups is 1. The molecule has 0 saturated carbocycles. The third-order valence-electron chi connectivity index (χ3n) is 2.93. The Bertz CT molecular complexity index is 345. The first kappa shape index (κ1) is 11.0. The van der Waals surface area contributed by atoms with Crippen molar-refractivity contribution in [2.75, 3.05) is 26.2 Å². The van der Waals surface area contributed by atoms with Gasteiger partial charge >= 0.3 is 6.03 Å².